The summed E-state index contributed by atoms with van der Waals surface area (Å²) in [5, 5.41) is 19.8. The van der Waals surface area contributed by atoms with Crippen LogP contribution in [0.5, 0.6) is 0 Å². The molecule has 0 radical (unpaired) electrons. The highest BCUT2D eigenvalue weighted by Gasteiger charge is 2.26. The molecule has 0 fully saturated rings. The van der Waals surface area contributed by atoms with Crippen molar-refractivity contribution in [1.82, 2.24) is 9.62 Å². The smallest absolute Gasteiger partial charge is 0.410 e. The second kappa shape index (κ2) is 9.18. The number of carbonyl (C=O) groups excluding carboxylic acids is 1. The number of hydrogen-bond donors (Lipinski definition) is 2. The van der Waals surface area contributed by atoms with Crippen molar-refractivity contribution in [1.29, 1.82) is 0 Å². The lowest BCUT2D eigenvalue weighted by atomic mass is 10.2. The molecule has 1 aromatic carbocycles. The molecule has 1 amide bonds. The summed E-state index contributed by atoms with van der Waals surface area (Å²) in [6.45, 7) is 10.5. The van der Waals surface area contributed by atoms with Crippen LogP contribution in [-0.4, -0.2) is 49.4 Å². The van der Waals surface area contributed by atoms with Crippen LogP contribution in [0.3, 0.4) is 0 Å². The van der Waals surface area contributed by atoms with Gasteiger partial charge in [0, 0.05) is 19.1 Å². The van der Waals surface area contributed by atoms with E-state index in [9.17, 15) is 18.4 Å². The Hall–Kier alpha value is -2.14. The number of anilines is 1. The maximum Gasteiger partial charge on any atom is 0.410 e. The minimum Gasteiger partial charge on any atom is -0.733 e. The third-order valence-electron chi connectivity index (χ3n) is 3.21. The van der Waals surface area contributed by atoms with E-state index in [0.717, 1.165) is 0 Å². The Balaban J connectivity index is 2.94. The van der Waals surface area contributed by atoms with Gasteiger partial charge >= 0.3 is 6.09 Å². The third-order valence-corrected chi connectivity index (χ3v) is 4.85. The lowest BCUT2D eigenvalue weighted by Crippen LogP contribution is -2.46. The van der Waals surface area contributed by atoms with Gasteiger partial charge in [-0.1, -0.05) is 18.2 Å². The van der Waals surface area contributed by atoms with Gasteiger partial charge in [0.15, 0.2) is 0 Å². The number of benzene rings is 1. The van der Waals surface area contributed by atoms with Gasteiger partial charge in [-0.3, -0.25) is 5.21 Å². The molecular weight excluding hydrogens is 374 g/mol. The van der Waals surface area contributed by atoms with Crippen LogP contribution in [0, 0.1) is 5.21 Å². The third kappa shape index (κ3) is 7.18. The molecule has 0 aliphatic carbocycles. The molecule has 0 bridgehead atoms. The minimum absolute atomic E-state index is 0.0164. The van der Waals surface area contributed by atoms with Crippen molar-refractivity contribution in [2.75, 3.05) is 18.3 Å². The number of nitrogens with one attached hydrogen (secondary N) is 1. The summed E-state index contributed by atoms with van der Waals surface area (Å²) in [5.74, 6) is 0. The topological polar surface area (TPSA) is 122 Å². The standard InChI is InChI=1S/C17H26N3O6S/c1-6-11-19(16(21)26-17(3,4)5)12-13(2)18-27(24,25)15-10-8-7-9-14(15)20(22)23/h6-10,13,18,22H,1,11-12H2,2-5H3/q-1/t13-/m1/s1. The summed E-state index contributed by atoms with van der Waals surface area (Å²) in [4.78, 5) is 13.2. The van der Waals surface area contributed by atoms with Crippen LogP contribution in [0.2, 0.25) is 0 Å². The Kier molecular flexibility index (Phi) is 7.78. The van der Waals surface area contributed by atoms with E-state index < -0.39 is 38.7 Å². The minimum atomic E-state index is -4.11. The highest BCUT2D eigenvalue weighted by molar-refractivity contribution is 7.89. The molecule has 1 atom stereocenters. The monoisotopic (exact) mass is 400 g/mol. The van der Waals surface area contributed by atoms with Crippen molar-refractivity contribution in [3.63, 3.8) is 0 Å². The molecule has 0 aliphatic heterocycles. The summed E-state index contributed by atoms with van der Waals surface area (Å²) in [7, 11) is -4.11. The van der Waals surface area contributed by atoms with Crippen LogP contribution >= 0.6 is 0 Å². The van der Waals surface area contributed by atoms with E-state index >= 15 is 0 Å². The highest BCUT2D eigenvalue weighted by Crippen LogP contribution is 2.23. The first-order valence-electron chi connectivity index (χ1n) is 8.23. The second-order valence-corrected chi connectivity index (χ2v) is 8.62. The van der Waals surface area contributed by atoms with Crippen LogP contribution in [-0.2, 0) is 14.8 Å². The van der Waals surface area contributed by atoms with Crippen LogP contribution in [0.4, 0.5) is 10.5 Å². The number of rotatable bonds is 8. The van der Waals surface area contributed by atoms with E-state index in [1.807, 2.05) is 0 Å². The van der Waals surface area contributed by atoms with Gasteiger partial charge in [-0.15, -0.1) is 6.58 Å². The number of sulfonamides is 1. The molecule has 152 valence electrons. The zero-order valence-electron chi connectivity index (χ0n) is 15.9. The zero-order chi connectivity index (χ0) is 20.8. The van der Waals surface area contributed by atoms with Gasteiger partial charge < -0.3 is 20.1 Å². The Bertz CT molecular complexity index is 758. The number of nitrogens with zero attached hydrogens (tertiary/aromatic N) is 2. The largest absolute Gasteiger partial charge is 0.733 e. The number of amides is 1. The molecule has 2 N–H and O–H groups in total. The maximum absolute atomic E-state index is 12.6. The number of carbonyl (C=O) groups is 1. The molecule has 10 heteroatoms. The van der Waals surface area contributed by atoms with Gasteiger partial charge in [-0.2, -0.15) is 0 Å². The van der Waals surface area contributed by atoms with Gasteiger partial charge in [0.25, 0.3) is 0 Å². The van der Waals surface area contributed by atoms with Crippen molar-refractivity contribution in [3.8, 4) is 0 Å². The normalized spacial score (nSPS) is 13.0. The molecule has 9 nitrogen and oxygen atoms in total. The van der Waals surface area contributed by atoms with Crippen molar-refractivity contribution in [2.45, 2.75) is 44.2 Å². The molecule has 0 saturated heterocycles. The van der Waals surface area contributed by atoms with Crippen molar-refractivity contribution >= 4 is 21.8 Å². The predicted octanol–water partition coefficient (Wildman–Crippen LogP) is 2.47. The van der Waals surface area contributed by atoms with E-state index in [1.165, 1.54) is 35.2 Å². The fraction of sp³-hybridized carbons (Fsp3) is 0.471. The molecule has 0 aromatic heterocycles. The Labute approximate surface area is 159 Å². The number of ether oxygens (including phenoxy) is 1. The second-order valence-electron chi connectivity index (χ2n) is 6.94. The van der Waals surface area contributed by atoms with E-state index in [1.54, 1.807) is 27.7 Å². The first-order chi connectivity index (χ1) is 12.4. The first-order valence-corrected chi connectivity index (χ1v) is 9.72. The lowest BCUT2D eigenvalue weighted by Gasteiger charge is -2.29. The fourth-order valence-corrected chi connectivity index (χ4v) is 3.65. The van der Waals surface area contributed by atoms with Gasteiger partial charge in [-0.05, 0) is 39.8 Å². The molecule has 0 saturated carbocycles. The Morgan fingerprint density at radius 3 is 2.52 bits per heavy atom. The Morgan fingerprint density at radius 2 is 2.00 bits per heavy atom. The van der Waals surface area contributed by atoms with Gasteiger partial charge in [0.2, 0.25) is 10.0 Å². The fourth-order valence-electron chi connectivity index (χ4n) is 2.24. The van der Waals surface area contributed by atoms with E-state index in [2.05, 4.69) is 11.3 Å². The Morgan fingerprint density at radius 1 is 1.41 bits per heavy atom. The summed E-state index contributed by atoms with van der Waals surface area (Å²) >= 11 is 0. The predicted molar refractivity (Wildman–Crippen MR) is 102 cm³/mol. The molecular formula is C17H26N3O6S-. The van der Waals surface area contributed by atoms with Gasteiger partial charge in [-0.25, -0.2) is 17.9 Å². The highest BCUT2D eigenvalue weighted by atomic mass is 32.2. The average Bonchev–Trinajstić information content (AvgIpc) is 2.52. The summed E-state index contributed by atoms with van der Waals surface area (Å²) in [6, 6.07) is 4.52. The van der Waals surface area contributed by atoms with Crippen molar-refractivity contribution < 1.29 is 23.2 Å². The van der Waals surface area contributed by atoms with E-state index in [0.29, 0.717) is 0 Å². The first kappa shape index (κ1) is 22.9. The van der Waals surface area contributed by atoms with Crippen molar-refractivity contribution in [2.24, 2.45) is 0 Å². The zero-order valence-corrected chi connectivity index (χ0v) is 16.7. The van der Waals surface area contributed by atoms with Crippen molar-refractivity contribution in [3.05, 3.63) is 42.1 Å². The SMILES string of the molecule is C=CCN(C[C@@H](C)NS(=O)(=O)c1ccccc1N([O-])O)C(=O)OC(C)(C)C. The molecule has 1 rings (SSSR count). The average molecular weight is 400 g/mol. The van der Waals surface area contributed by atoms with E-state index in [4.69, 9.17) is 9.94 Å². The summed E-state index contributed by atoms with van der Waals surface area (Å²) < 4.78 is 32.8. The van der Waals surface area contributed by atoms with E-state index in [-0.39, 0.29) is 18.0 Å². The quantitative estimate of drug-likeness (QED) is 0.508. The van der Waals surface area contributed by atoms with Crippen LogP contribution < -0.4 is 9.95 Å². The van der Waals surface area contributed by atoms with Gasteiger partial charge in [0.1, 0.15) is 10.5 Å². The van der Waals surface area contributed by atoms with Gasteiger partial charge in [0.05, 0.1) is 5.69 Å². The summed E-state index contributed by atoms with van der Waals surface area (Å²) in [5.41, 5.74) is -1.11. The molecule has 0 aliphatic rings. The van der Waals surface area contributed by atoms with Crippen LogP contribution in [0.15, 0.2) is 41.8 Å². The number of para-hydroxylation sites is 1. The molecule has 0 heterocycles. The molecule has 0 spiro atoms. The van der Waals surface area contributed by atoms with Crippen LogP contribution in [0.1, 0.15) is 27.7 Å². The van der Waals surface area contributed by atoms with Crippen LogP contribution in [0.25, 0.3) is 0 Å². The lowest BCUT2D eigenvalue weighted by molar-refractivity contribution is 0.0261. The molecule has 0 unspecified atom stereocenters. The maximum atomic E-state index is 12.6. The molecule has 27 heavy (non-hydrogen) atoms. The summed E-state index contributed by atoms with van der Waals surface area (Å²) in [6.07, 6.45) is 0.900. The molecule has 1 aromatic rings. The number of hydrogen-bond acceptors (Lipinski definition) is 7.